The highest BCUT2D eigenvalue weighted by Gasteiger charge is 2.12. The van der Waals surface area contributed by atoms with Gasteiger partial charge in [-0.15, -0.1) is 17.9 Å². The second-order valence-electron chi connectivity index (χ2n) is 4.97. The van der Waals surface area contributed by atoms with Crippen LogP contribution in [0.2, 0.25) is 0 Å². The van der Waals surface area contributed by atoms with E-state index < -0.39 is 0 Å². The number of anilines is 2. The average molecular weight is 383 g/mol. The first-order chi connectivity index (χ1) is 10.5. The van der Waals surface area contributed by atoms with Gasteiger partial charge < -0.3 is 10.6 Å². The van der Waals surface area contributed by atoms with E-state index in [9.17, 15) is 0 Å². The highest BCUT2D eigenvalue weighted by atomic mass is 79.9. The van der Waals surface area contributed by atoms with Crippen LogP contribution in [-0.2, 0) is 13.1 Å². The molecule has 0 saturated carbocycles. The maximum Gasteiger partial charge on any atom is 0.229 e. The molecule has 2 rings (SSSR count). The summed E-state index contributed by atoms with van der Waals surface area (Å²) in [5.74, 6) is 1.47. The maximum absolute atomic E-state index is 5.77. The van der Waals surface area contributed by atoms with Gasteiger partial charge >= 0.3 is 0 Å². The summed E-state index contributed by atoms with van der Waals surface area (Å²) in [5.41, 5.74) is 5.77. The second-order valence-corrected chi connectivity index (χ2v) is 7.52. The van der Waals surface area contributed by atoms with Gasteiger partial charge in [0.1, 0.15) is 5.82 Å². The van der Waals surface area contributed by atoms with Crippen LogP contribution in [0.4, 0.5) is 11.9 Å². The summed E-state index contributed by atoms with van der Waals surface area (Å²) in [6.07, 6.45) is 1.88. The molecule has 22 heavy (non-hydrogen) atoms. The molecule has 0 aliphatic rings. The van der Waals surface area contributed by atoms with Crippen molar-refractivity contribution < 1.29 is 0 Å². The standard InChI is InChI=1S/C14H19BrN6S/c1-4-7-21(8-10-5-6-11(15)22-10)9-12-17-13(16)19-14(18-12)20(2)3/h4-6H,1,7-9H2,2-3H3,(H2,16,17,18,19). The molecule has 0 amide bonds. The molecule has 0 saturated heterocycles. The van der Waals surface area contributed by atoms with Crippen LogP contribution in [0.3, 0.4) is 0 Å². The smallest absolute Gasteiger partial charge is 0.229 e. The van der Waals surface area contributed by atoms with Gasteiger partial charge in [0.05, 0.1) is 10.3 Å². The van der Waals surface area contributed by atoms with Gasteiger partial charge in [0.15, 0.2) is 0 Å². The fourth-order valence-corrected chi connectivity index (χ4v) is 3.45. The number of nitrogens with zero attached hydrogens (tertiary/aromatic N) is 5. The molecule has 118 valence electrons. The van der Waals surface area contributed by atoms with Gasteiger partial charge in [-0.3, -0.25) is 4.90 Å². The van der Waals surface area contributed by atoms with Gasteiger partial charge in [0.25, 0.3) is 0 Å². The third-order valence-electron chi connectivity index (χ3n) is 2.85. The van der Waals surface area contributed by atoms with Crippen molar-refractivity contribution in [2.24, 2.45) is 0 Å². The first-order valence-corrected chi connectivity index (χ1v) is 8.34. The maximum atomic E-state index is 5.77. The number of nitrogen functional groups attached to an aromatic ring is 1. The van der Waals surface area contributed by atoms with Crippen LogP contribution in [0.25, 0.3) is 0 Å². The Hall–Kier alpha value is -1.51. The van der Waals surface area contributed by atoms with Crippen molar-refractivity contribution in [2.45, 2.75) is 13.1 Å². The second kappa shape index (κ2) is 7.66. The van der Waals surface area contributed by atoms with Crippen LogP contribution in [0.5, 0.6) is 0 Å². The van der Waals surface area contributed by atoms with Crippen LogP contribution in [0.15, 0.2) is 28.6 Å². The third kappa shape index (κ3) is 4.75. The molecule has 2 N–H and O–H groups in total. The van der Waals surface area contributed by atoms with Gasteiger partial charge in [-0.25, -0.2) is 0 Å². The molecule has 0 bridgehead atoms. The molecule has 0 spiro atoms. The Balaban J connectivity index is 2.15. The molecule has 0 fully saturated rings. The first kappa shape index (κ1) is 16.9. The summed E-state index contributed by atoms with van der Waals surface area (Å²) in [7, 11) is 3.76. The highest BCUT2D eigenvalue weighted by molar-refractivity contribution is 9.11. The molecule has 0 aliphatic heterocycles. The minimum absolute atomic E-state index is 0.242. The van der Waals surface area contributed by atoms with E-state index in [1.165, 1.54) is 4.88 Å². The van der Waals surface area contributed by atoms with Crippen LogP contribution < -0.4 is 10.6 Å². The molecule has 2 aromatic heterocycles. The van der Waals surface area contributed by atoms with E-state index in [-0.39, 0.29) is 5.95 Å². The summed E-state index contributed by atoms with van der Waals surface area (Å²) >= 11 is 5.21. The first-order valence-electron chi connectivity index (χ1n) is 6.73. The summed E-state index contributed by atoms with van der Waals surface area (Å²) in [4.78, 5) is 18.1. The van der Waals surface area contributed by atoms with Crippen molar-refractivity contribution in [1.29, 1.82) is 0 Å². The van der Waals surface area contributed by atoms with Crippen LogP contribution in [-0.4, -0.2) is 40.5 Å². The SMILES string of the molecule is C=CCN(Cc1nc(N)nc(N(C)C)n1)Cc1ccc(Br)s1. The van der Waals surface area contributed by atoms with Gasteiger partial charge in [0, 0.05) is 32.1 Å². The molecule has 2 aromatic rings. The number of aromatic nitrogens is 3. The van der Waals surface area contributed by atoms with Crippen molar-refractivity contribution in [3.8, 4) is 0 Å². The lowest BCUT2D eigenvalue weighted by Crippen LogP contribution is -2.25. The third-order valence-corrected chi connectivity index (χ3v) is 4.46. The Morgan fingerprint density at radius 3 is 2.64 bits per heavy atom. The number of nitrogens with two attached hydrogens (primary N) is 1. The Kier molecular flexibility index (Phi) is 5.87. The monoisotopic (exact) mass is 382 g/mol. The summed E-state index contributed by atoms with van der Waals surface area (Å²) in [5, 5.41) is 0. The Labute approximate surface area is 142 Å². The fraction of sp³-hybridized carbons (Fsp3) is 0.357. The lowest BCUT2D eigenvalue weighted by atomic mass is 10.3. The Morgan fingerprint density at radius 2 is 2.05 bits per heavy atom. The Morgan fingerprint density at radius 1 is 1.27 bits per heavy atom. The van der Waals surface area contributed by atoms with Gasteiger partial charge in [-0.05, 0) is 28.1 Å². The van der Waals surface area contributed by atoms with Crippen molar-refractivity contribution in [2.75, 3.05) is 31.3 Å². The van der Waals surface area contributed by atoms with Gasteiger partial charge in [-0.2, -0.15) is 15.0 Å². The predicted molar refractivity (Wildman–Crippen MR) is 94.9 cm³/mol. The van der Waals surface area contributed by atoms with E-state index in [1.807, 2.05) is 25.1 Å². The van der Waals surface area contributed by atoms with Crippen molar-refractivity contribution in [1.82, 2.24) is 19.9 Å². The van der Waals surface area contributed by atoms with Crippen LogP contribution in [0.1, 0.15) is 10.7 Å². The average Bonchev–Trinajstić information content (AvgIpc) is 2.83. The molecule has 0 aromatic carbocycles. The molecule has 2 heterocycles. The van der Waals surface area contributed by atoms with E-state index in [4.69, 9.17) is 5.73 Å². The fourth-order valence-electron chi connectivity index (χ4n) is 1.92. The summed E-state index contributed by atoms with van der Waals surface area (Å²) in [6.45, 7) is 5.97. The lowest BCUT2D eigenvalue weighted by molar-refractivity contribution is 0.281. The molecule has 0 unspecified atom stereocenters. The molecule has 0 aliphatic carbocycles. The molecule has 0 radical (unpaired) electrons. The largest absolute Gasteiger partial charge is 0.368 e. The van der Waals surface area contributed by atoms with E-state index in [0.717, 1.165) is 16.9 Å². The zero-order valence-electron chi connectivity index (χ0n) is 12.7. The van der Waals surface area contributed by atoms with Crippen molar-refractivity contribution in [3.63, 3.8) is 0 Å². The molecule has 8 heteroatoms. The number of rotatable bonds is 7. The number of halogens is 1. The molecule has 6 nitrogen and oxygen atoms in total. The molecular weight excluding hydrogens is 364 g/mol. The predicted octanol–water partition coefficient (Wildman–Crippen LogP) is 2.53. The van der Waals surface area contributed by atoms with Crippen molar-refractivity contribution in [3.05, 3.63) is 39.3 Å². The van der Waals surface area contributed by atoms with E-state index >= 15 is 0 Å². The minimum Gasteiger partial charge on any atom is -0.368 e. The van der Waals surface area contributed by atoms with E-state index in [2.05, 4.69) is 54.5 Å². The normalized spacial score (nSPS) is 10.9. The quantitative estimate of drug-likeness (QED) is 0.741. The highest BCUT2D eigenvalue weighted by Crippen LogP contribution is 2.23. The topological polar surface area (TPSA) is 71.2 Å². The number of thiophene rings is 1. The summed E-state index contributed by atoms with van der Waals surface area (Å²) in [6, 6.07) is 4.16. The van der Waals surface area contributed by atoms with Gasteiger partial charge in [0.2, 0.25) is 11.9 Å². The number of hydrogen-bond acceptors (Lipinski definition) is 7. The zero-order valence-corrected chi connectivity index (χ0v) is 15.1. The van der Waals surface area contributed by atoms with E-state index in [0.29, 0.717) is 18.3 Å². The van der Waals surface area contributed by atoms with Crippen LogP contribution in [0, 0.1) is 0 Å². The van der Waals surface area contributed by atoms with Crippen LogP contribution >= 0.6 is 27.3 Å². The number of hydrogen-bond donors (Lipinski definition) is 1. The lowest BCUT2D eigenvalue weighted by Gasteiger charge is -2.19. The minimum atomic E-state index is 0.242. The molecular formula is C14H19BrN6S. The molecule has 0 atom stereocenters. The van der Waals surface area contributed by atoms with Gasteiger partial charge in [-0.1, -0.05) is 6.08 Å². The Bertz CT molecular complexity index is 642. The van der Waals surface area contributed by atoms with E-state index in [1.54, 1.807) is 11.3 Å². The summed E-state index contributed by atoms with van der Waals surface area (Å²) < 4.78 is 1.13. The zero-order chi connectivity index (χ0) is 16.1. The van der Waals surface area contributed by atoms with Crippen molar-refractivity contribution >= 4 is 39.2 Å².